The third kappa shape index (κ3) is 5.34. The van der Waals surface area contributed by atoms with Gasteiger partial charge in [0.1, 0.15) is 0 Å². The fourth-order valence-corrected chi connectivity index (χ4v) is 1.88. The molecule has 0 aliphatic heterocycles. The molecule has 94 valence electrons. The quantitative estimate of drug-likeness (QED) is 0.675. The van der Waals surface area contributed by atoms with Crippen molar-refractivity contribution in [1.82, 2.24) is 0 Å². The summed E-state index contributed by atoms with van der Waals surface area (Å²) in [5.74, 6) is 0.517. The van der Waals surface area contributed by atoms with Crippen LogP contribution in [0.3, 0.4) is 0 Å². The van der Waals surface area contributed by atoms with Crippen LogP contribution in [0.25, 0.3) is 0 Å². The first-order valence-electron chi connectivity index (χ1n) is 6.70. The molecule has 2 nitrogen and oxygen atoms in total. The van der Waals surface area contributed by atoms with Gasteiger partial charge >= 0.3 is 0 Å². The predicted molar refractivity (Wildman–Crippen MR) is 68.6 cm³/mol. The van der Waals surface area contributed by atoms with E-state index < -0.39 is 0 Å². The van der Waals surface area contributed by atoms with E-state index in [0.29, 0.717) is 24.2 Å². The Hall–Kier alpha value is -0.790. The van der Waals surface area contributed by atoms with E-state index in [0.717, 1.165) is 12.8 Å². The van der Waals surface area contributed by atoms with Crippen molar-refractivity contribution in [2.24, 2.45) is 0 Å². The van der Waals surface area contributed by atoms with E-state index in [1.165, 1.54) is 25.7 Å². The van der Waals surface area contributed by atoms with Crippen LogP contribution in [0, 0.1) is 0 Å². The average molecular weight is 226 g/mol. The Morgan fingerprint density at radius 2 is 1.69 bits per heavy atom. The lowest BCUT2D eigenvalue weighted by molar-refractivity contribution is -0.115. The fraction of sp³-hybridized carbons (Fsp3) is 0.786. The van der Waals surface area contributed by atoms with Gasteiger partial charge < -0.3 is 5.11 Å². The summed E-state index contributed by atoms with van der Waals surface area (Å²) in [5, 5.41) is 9.42. The summed E-state index contributed by atoms with van der Waals surface area (Å²) in [7, 11) is 0. The summed E-state index contributed by atoms with van der Waals surface area (Å²) in [5.41, 5.74) is 0.710. The molecule has 0 amide bonds. The maximum Gasteiger partial charge on any atom is 0.162 e. The van der Waals surface area contributed by atoms with Gasteiger partial charge in [0, 0.05) is 18.4 Å². The number of aliphatic hydroxyl groups excluding tert-OH is 1. The standard InChI is InChI=1S/C12H20O2.C2H6/c1-2-3-4-5-6-7-10-11(13)8-9-12(10)14;1-2/h13H,2-9H2,1H3;1-2H3. The second-order valence-electron chi connectivity index (χ2n) is 4.01. The van der Waals surface area contributed by atoms with E-state index in [2.05, 4.69) is 6.92 Å². The average Bonchev–Trinajstić information content (AvgIpc) is 2.62. The largest absolute Gasteiger partial charge is 0.512 e. The first-order valence-corrected chi connectivity index (χ1v) is 6.70. The first kappa shape index (κ1) is 15.2. The van der Waals surface area contributed by atoms with E-state index in [1.54, 1.807) is 0 Å². The third-order valence-electron chi connectivity index (χ3n) is 2.80. The van der Waals surface area contributed by atoms with E-state index in [1.807, 2.05) is 13.8 Å². The predicted octanol–water partition coefficient (Wildman–Crippen LogP) is 4.55. The number of hydrogen-bond acceptors (Lipinski definition) is 2. The minimum atomic E-state index is 0.165. The fourth-order valence-electron chi connectivity index (χ4n) is 1.88. The number of Topliss-reactive ketones (excluding diaryl/α,β-unsaturated/α-hetero) is 1. The molecule has 0 atom stereocenters. The number of aliphatic hydroxyl groups is 1. The summed E-state index contributed by atoms with van der Waals surface area (Å²) in [6.45, 7) is 6.19. The molecule has 16 heavy (non-hydrogen) atoms. The zero-order valence-electron chi connectivity index (χ0n) is 11.0. The Kier molecular flexibility index (Phi) is 8.97. The molecule has 0 aromatic heterocycles. The molecular weight excluding hydrogens is 200 g/mol. The molecule has 1 rings (SSSR count). The van der Waals surface area contributed by atoms with Crippen molar-refractivity contribution in [2.45, 2.75) is 72.1 Å². The molecule has 0 heterocycles. The SMILES string of the molecule is CC.CCCCCCCC1=C(O)CCC1=O. The second kappa shape index (κ2) is 9.44. The van der Waals surface area contributed by atoms with E-state index in [4.69, 9.17) is 0 Å². The third-order valence-corrected chi connectivity index (χ3v) is 2.80. The van der Waals surface area contributed by atoms with Gasteiger partial charge in [-0.25, -0.2) is 0 Å². The summed E-state index contributed by atoms with van der Waals surface area (Å²) in [4.78, 5) is 11.3. The van der Waals surface area contributed by atoms with E-state index in [-0.39, 0.29) is 5.78 Å². The summed E-state index contributed by atoms with van der Waals surface area (Å²) in [6, 6.07) is 0. The van der Waals surface area contributed by atoms with Gasteiger partial charge in [0.25, 0.3) is 0 Å². The maximum atomic E-state index is 11.3. The van der Waals surface area contributed by atoms with Crippen molar-refractivity contribution in [1.29, 1.82) is 0 Å². The normalized spacial score (nSPS) is 15.1. The Labute approximate surface area is 99.7 Å². The molecule has 0 aromatic rings. The lowest BCUT2D eigenvalue weighted by Gasteiger charge is -2.01. The van der Waals surface area contributed by atoms with Crippen LogP contribution in [0.2, 0.25) is 0 Å². The van der Waals surface area contributed by atoms with Crippen molar-refractivity contribution in [3.63, 3.8) is 0 Å². The minimum absolute atomic E-state index is 0.165. The molecule has 0 unspecified atom stereocenters. The molecule has 0 spiro atoms. The molecule has 0 saturated heterocycles. The minimum Gasteiger partial charge on any atom is -0.512 e. The van der Waals surface area contributed by atoms with Crippen LogP contribution < -0.4 is 0 Å². The highest BCUT2D eigenvalue weighted by Crippen LogP contribution is 2.25. The number of ketones is 1. The van der Waals surface area contributed by atoms with Gasteiger partial charge in [0.2, 0.25) is 0 Å². The summed E-state index contributed by atoms with van der Waals surface area (Å²) in [6.07, 6.45) is 7.88. The van der Waals surface area contributed by atoms with E-state index >= 15 is 0 Å². The smallest absolute Gasteiger partial charge is 0.162 e. The molecular formula is C14H26O2. The molecule has 0 bridgehead atoms. The highest BCUT2D eigenvalue weighted by atomic mass is 16.3. The topological polar surface area (TPSA) is 37.3 Å². The highest BCUT2D eigenvalue weighted by Gasteiger charge is 2.21. The van der Waals surface area contributed by atoms with Crippen LogP contribution in [0.4, 0.5) is 0 Å². The van der Waals surface area contributed by atoms with E-state index in [9.17, 15) is 9.90 Å². The van der Waals surface area contributed by atoms with Gasteiger partial charge in [-0.15, -0.1) is 0 Å². The Morgan fingerprint density at radius 3 is 2.19 bits per heavy atom. The lowest BCUT2D eigenvalue weighted by atomic mass is 10.0. The van der Waals surface area contributed by atoms with Gasteiger partial charge in [0.05, 0.1) is 5.76 Å². The summed E-state index contributed by atoms with van der Waals surface area (Å²) >= 11 is 0. The van der Waals surface area contributed by atoms with Gasteiger partial charge in [-0.05, 0) is 12.8 Å². The molecule has 0 aromatic carbocycles. The number of carbonyl (C=O) groups is 1. The second-order valence-corrected chi connectivity index (χ2v) is 4.01. The number of allylic oxidation sites excluding steroid dienone is 2. The number of unbranched alkanes of at least 4 members (excludes halogenated alkanes) is 4. The van der Waals surface area contributed by atoms with Crippen LogP contribution in [0.5, 0.6) is 0 Å². The number of carbonyl (C=O) groups excluding carboxylic acids is 1. The van der Waals surface area contributed by atoms with Gasteiger partial charge in [0.15, 0.2) is 5.78 Å². The Bertz CT molecular complexity index is 229. The molecule has 1 aliphatic carbocycles. The molecule has 2 heteroatoms. The van der Waals surface area contributed by atoms with Gasteiger partial charge in [-0.3, -0.25) is 4.79 Å². The molecule has 1 N–H and O–H groups in total. The van der Waals surface area contributed by atoms with Crippen LogP contribution in [-0.4, -0.2) is 10.9 Å². The molecule has 0 fully saturated rings. The van der Waals surface area contributed by atoms with Gasteiger partial charge in [-0.1, -0.05) is 46.5 Å². The molecule has 1 aliphatic rings. The maximum absolute atomic E-state index is 11.3. The first-order chi connectivity index (χ1) is 7.75. The molecule has 0 radical (unpaired) electrons. The number of hydrogen-bond donors (Lipinski definition) is 1. The van der Waals surface area contributed by atoms with Crippen molar-refractivity contribution >= 4 is 5.78 Å². The van der Waals surface area contributed by atoms with Crippen LogP contribution in [0.15, 0.2) is 11.3 Å². The highest BCUT2D eigenvalue weighted by molar-refractivity contribution is 5.98. The Morgan fingerprint density at radius 1 is 1.06 bits per heavy atom. The summed E-state index contributed by atoms with van der Waals surface area (Å²) < 4.78 is 0. The van der Waals surface area contributed by atoms with Crippen LogP contribution in [0.1, 0.15) is 72.1 Å². The van der Waals surface area contributed by atoms with Crippen LogP contribution in [-0.2, 0) is 4.79 Å². The van der Waals surface area contributed by atoms with Crippen LogP contribution >= 0.6 is 0 Å². The zero-order chi connectivity index (χ0) is 12.4. The molecule has 0 saturated carbocycles. The lowest BCUT2D eigenvalue weighted by Crippen LogP contribution is -1.96. The number of rotatable bonds is 6. The Balaban J connectivity index is 0.00000106. The van der Waals surface area contributed by atoms with Crippen molar-refractivity contribution in [2.75, 3.05) is 0 Å². The van der Waals surface area contributed by atoms with Crippen molar-refractivity contribution in [3.05, 3.63) is 11.3 Å². The zero-order valence-corrected chi connectivity index (χ0v) is 11.0. The van der Waals surface area contributed by atoms with Crippen molar-refractivity contribution in [3.8, 4) is 0 Å². The monoisotopic (exact) mass is 226 g/mol. The van der Waals surface area contributed by atoms with Gasteiger partial charge in [-0.2, -0.15) is 0 Å². The van der Waals surface area contributed by atoms with Crippen molar-refractivity contribution < 1.29 is 9.90 Å².